The SMILES string of the molecule is N#CCOCCOCC1CCCO1. The largest absolute Gasteiger partial charge is 0.376 e. The summed E-state index contributed by atoms with van der Waals surface area (Å²) in [5, 5.41) is 8.16. The Hall–Kier alpha value is -0.630. The normalized spacial score (nSPS) is 21.6. The zero-order valence-electron chi connectivity index (χ0n) is 7.70. The van der Waals surface area contributed by atoms with Crippen LogP contribution in [0.2, 0.25) is 0 Å². The molecule has 1 saturated heterocycles. The van der Waals surface area contributed by atoms with Crippen LogP contribution in [0.15, 0.2) is 0 Å². The minimum absolute atomic E-state index is 0.142. The van der Waals surface area contributed by atoms with E-state index in [1.54, 1.807) is 0 Å². The molecule has 74 valence electrons. The van der Waals surface area contributed by atoms with Gasteiger partial charge in [-0.1, -0.05) is 0 Å². The molecule has 0 amide bonds. The van der Waals surface area contributed by atoms with Crippen molar-refractivity contribution in [2.45, 2.75) is 18.9 Å². The molecule has 1 aliphatic rings. The number of nitriles is 1. The Morgan fingerprint density at radius 1 is 1.38 bits per heavy atom. The average Bonchev–Trinajstić information content (AvgIpc) is 2.63. The predicted molar refractivity (Wildman–Crippen MR) is 46.2 cm³/mol. The lowest BCUT2D eigenvalue weighted by atomic mass is 10.2. The van der Waals surface area contributed by atoms with E-state index < -0.39 is 0 Å². The molecular formula is C9H15NO3. The van der Waals surface area contributed by atoms with Gasteiger partial charge < -0.3 is 14.2 Å². The molecule has 4 nitrogen and oxygen atoms in total. The highest BCUT2D eigenvalue weighted by atomic mass is 16.5. The Labute approximate surface area is 78.4 Å². The maximum Gasteiger partial charge on any atom is 0.133 e. The fraction of sp³-hybridized carbons (Fsp3) is 0.889. The third-order valence-electron chi connectivity index (χ3n) is 1.87. The maximum absolute atomic E-state index is 8.16. The standard InChI is InChI=1S/C9H15NO3/c10-3-5-11-6-7-12-8-9-2-1-4-13-9/h9H,1-2,4-8H2. The molecule has 13 heavy (non-hydrogen) atoms. The Morgan fingerprint density at radius 3 is 2.92 bits per heavy atom. The van der Waals surface area contributed by atoms with Crippen molar-refractivity contribution in [2.75, 3.05) is 33.0 Å². The molecule has 1 rings (SSSR count). The van der Waals surface area contributed by atoms with E-state index >= 15 is 0 Å². The lowest BCUT2D eigenvalue weighted by molar-refractivity contribution is -0.00312. The van der Waals surface area contributed by atoms with Gasteiger partial charge in [-0.25, -0.2) is 0 Å². The third-order valence-corrected chi connectivity index (χ3v) is 1.87. The Balaban J connectivity index is 1.81. The first-order valence-corrected chi connectivity index (χ1v) is 4.57. The van der Waals surface area contributed by atoms with E-state index in [1.807, 2.05) is 6.07 Å². The van der Waals surface area contributed by atoms with E-state index in [0.29, 0.717) is 19.8 Å². The molecule has 0 aromatic heterocycles. The van der Waals surface area contributed by atoms with Crippen LogP contribution >= 0.6 is 0 Å². The van der Waals surface area contributed by atoms with E-state index in [9.17, 15) is 0 Å². The number of hydrogen-bond donors (Lipinski definition) is 0. The molecule has 0 aromatic rings. The van der Waals surface area contributed by atoms with Crippen LogP contribution in [0.4, 0.5) is 0 Å². The van der Waals surface area contributed by atoms with Gasteiger partial charge in [-0.05, 0) is 12.8 Å². The Bertz CT molecular complexity index is 161. The van der Waals surface area contributed by atoms with Crippen molar-refractivity contribution in [3.63, 3.8) is 0 Å². The minimum atomic E-state index is 0.142. The summed E-state index contributed by atoms with van der Waals surface area (Å²) in [6.07, 6.45) is 2.51. The summed E-state index contributed by atoms with van der Waals surface area (Å²) in [5.74, 6) is 0. The van der Waals surface area contributed by atoms with Gasteiger partial charge in [0.25, 0.3) is 0 Å². The third kappa shape index (κ3) is 4.83. The van der Waals surface area contributed by atoms with Crippen molar-refractivity contribution in [1.29, 1.82) is 5.26 Å². The van der Waals surface area contributed by atoms with Crippen molar-refractivity contribution in [1.82, 2.24) is 0 Å². The van der Waals surface area contributed by atoms with Crippen molar-refractivity contribution in [3.05, 3.63) is 0 Å². The smallest absolute Gasteiger partial charge is 0.133 e. The first kappa shape index (κ1) is 10.5. The highest BCUT2D eigenvalue weighted by molar-refractivity contribution is 4.66. The number of rotatable bonds is 6. The molecule has 1 unspecified atom stereocenters. The maximum atomic E-state index is 8.16. The molecular weight excluding hydrogens is 170 g/mol. The topological polar surface area (TPSA) is 51.5 Å². The van der Waals surface area contributed by atoms with Crippen LogP contribution in [-0.4, -0.2) is 39.1 Å². The molecule has 0 radical (unpaired) electrons. The molecule has 0 aromatic carbocycles. The first-order valence-electron chi connectivity index (χ1n) is 4.57. The van der Waals surface area contributed by atoms with Gasteiger partial charge in [0.05, 0.1) is 32.0 Å². The van der Waals surface area contributed by atoms with Gasteiger partial charge in [0.1, 0.15) is 6.61 Å². The molecule has 1 fully saturated rings. The van der Waals surface area contributed by atoms with Crippen LogP contribution in [0.3, 0.4) is 0 Å². The zero-order valence-corrected chi connectivity index (χ0v) is 7.70. The van der Waals surface area contributed by atoms with Crippen molar-refractivity contribution >= 4 is 0 Å². The minimum Gasteiger partial charge on any atom is -0.376 e. The highest BCUT2D eigenvalue weighted by Crippen LogP contribution is 2.11. The van der Waals surface area contributed by atoms with E-state index in [1.165, 1.54) is 0 Å². The van der Waals surface area contributed by atoms with Crippen LogP contribution in [0.1, 0.15) is 12.8 Å². The van der Waals surface area contributed by atoms with Gasteiger partial charge >= 0.3 is 0 Å². The van der Waals surface area contributed by atoms with Crippen LogP contribution < -0.4 is 0 Å². The monoisotopic (exact) mass is 185 g/mol. The molecule has 4 heteroatoms. The molecule has 1 heterocycles. The summed E-state index contributed by atoms with van der Waals surface area (Å²) in [6, 6.07) is 1.90. The molecule has 0 aliphatic carbocycles. The van der Waals surface area contributed by atoms with Crippen molar-refractivity contribution in [2.24, 2.45) is 0 Å². The van der Waals surface area contributed by atoms with Crippen LogP contribution in [0.5, 0.6) is 0 Å². The average molecular weight is 185 g/mol. The molecule has 1 aliphatic heterocycles. The lowest BCUT2D eigenvalue weighted by Gasteiger charge is -2.09. The molecule has 0 saturated carbocycles. The Morgan fingerprint density at radius 2 is 2.23 bits per heavy atom. The van der Waals surface area contributed by atoms with Crippen LogP contribution in [0.25, 0.3) is 0 Å². The molecule has 0 spiro atoms. The lowest BCUT2D eigenvalue weighted by Crippen LogP contribution is -2.16. The fourth-order valence-electron chi connectivity index (χ4n) is 1.23. The summed E-state index contributed by atoms with van der Waals surface area (Å²) >= 11 is 0. The summed E-state index contributed by atoms with van der Waals surface area (Å²) in [4.78, 5) is 0. The summed E-state index contributed by atoms with van der Waals surface area (Å²) in [7, 11) is 0. The van der Waals surface area contributed by atoms with Gasteiger partial charge in [-0.3, -0.25) is 0 Å². The molecule has 0 bridgehead atoms. The number of hydrogen-bond acceptors (Lipinski definition) is 4. The summed E-state index contributed by atoms with van der Waals surface area (Å²) in [5.41, 5.74) is 0. The second kappa shape index (κ2) is 6.84. The van der Waals surface area contributed by atoms with E-state index in [-0.39, 0.29) is 12.7 Å². The van der Waals surface area contributed by atoms with Gasteiger partial charge in [0.15, 0.2) is 0 Å². The quantitative estimate of drug-likeness (QED) is 0.572. The van der Waals surface area contributed by atoms with Crippen molar-refractivity contribution < 1.29 is 14.2 Å². The highest BCUT2D eigenvalue weighted by Gasteiger charge is 2.14. The zero-order chi connectivity index (χ0) is 9.36. The van der Waals surface area contributed by atoms with Gasteiger partial charge in [-0.15, -0.1) is 0 Å². The van der Waals surface area contributed by atoms with Gasteiger partial charge in [0.2, 0.25) is 0 Å². The first-order chi connectivity index (χ1) is 6.43. The molecule has 0 N–H and O–H groups in total. The summed E-state index contributed by atoms with van der Waals surface area (Å²) < 4.78 is 15.6. The van der Waals surface area contributed by atoms with Crippen LogP contribution in [-0.2, 0) is 14.2 Å². The van der Waals surface area contributed by atoms with E-state index in [4.69, 9.17) is 19.5 Å². The van der Waals surface area contributed by atoms with Gasteiger partial charge in [0, 0.05) is 6.61 Å². The predicted octanol–water partition coefficient (Wildman–Crippen LogP) is 0.722. The second-order valence-corrected chi connectivity index (χ2v) is 2.92. The molecule has 1 atom stereocenters. The fourth-order valence-corrected chi connectivity index (χ4v) is 1.23. The van der Waals surface area contributed by atoms with Crippen molar-refractivity contribution in [3.8, 4) is 6.07 Å². The second-order valence-electron chi connectivity index (χ2n) is 2.92. The number of ether oxygens (including phenoxy) is 3. The van der Waals surface area contributed by atoms with Gasteiger partial charge in [-0.2, -0.15) is 5.26 Å². The van der Waals surface area contributed by atoms with E-state index in [2.05, 4.69) is 0 Å². The summed E-state index contributed by atoms with van der Waals surface area (Å²) in [6.45, 7) is 2.68. The van der Waals surface area contributed by atoms with Crippen LogP contribution in [0, 0.1) is 11.3 Å². The Kier molecular flexibility index (Phi) is 5.50. The number of nitrogens with zero attached hydrogens (tertiary/aromatic N) is 1. The van der Waals surface area contributed by atoms with E-state index in [0.717, 1.165) is 19.4 Å².